The smallest absolute Gasteiger partial charge is 0.308 e. The van der Waals surface area contributed by atoms with Crippen molar-refractivity contribution in [1.82, 2.24) is 10.3 Å². The molecule has 0 fully saturated rings. The van der Waals surface area contributed by atoms with Crippen molar-refractivity contribution in [2.45, 2.75) is 6.18 Å². The zero-order valence-corrected chi connectivity index (χ0v) is 12.4. The predicted molar refractivity (Wildman–Crippen MR) is 80.9 cm³/mol. The van der Waals surface area contributed by atoms with Gasteiger partial charge in [0.1, 0.15) is 11.0 Å². The van der Waals surface area contributed by atoms with Crippen LogP contribution in [0, 0.1) is 0 Å². The van der Waals surface area contributed by atoms with Gasteiger partial charge in [0.2, 0.25) is 0 Å². The summed E-state index contributed by atoms with van der Waals surface area (Å²) >= 11 is 5.52. The molecule has 0 aliphatic carbocycles. The maximum atomic E-state index is 12.8. The summed E-state index contributed by atoms with van der Waals surface area (Å²) in [5, 5.41) is 11.6. The quantitative estimate of drug-likeness (QED) is 0.706. The number of carbonyl (C=O) groups excluding carboxylic acids is 1. The number of urea groups is 1. The molecule has 0 spiro atoms. The van der Waals surface area contributed by atoms with E-state index in [1.165, 1.54) is 12.1 Å². The Hall–Kier alpha value is -2.81. The summed E-state index contributed by atoms with van der Waals surface area (Å²) < 4.78 is 42.9. The molecule has 3 rings (SSSR count). The van der Waals surface area contributed by atoms with Crippen molar-refractivity contribution >= 4 is 40.0 Å². The number of alkyl halides is 3. The van der Waals surface area contributed by atoms with Crippen molar-refractivity contribution in [3.8, 4) is 0 Å². The minimum atomic E-state index is -4.61. The molecule has 0 radical (unpaired) electrons. The van der Waals surface area contributed by atoms with Crippen molar-refractivity contribution < 1.29 is 22.6 Å². The van der Waals surface area contributed by atoms with Crippen molar-refractivity contribution in [3.05, 3.63) is 47.0 Å². The molecule has 0 aliphatic rings. The summed E-state index contributed by atoms with van der Waals surface area (Å²) in [6.07, 6.45) is -4.61. The van der Waals surface area contributed by atoms with Crippen LogP contribution in [-0.2, 0) is 6.18 Å². The molecule has 0 aliphatic heterocycles. The minimum absolute atomic E-state index is 0.0478. The maximum Gasteiger partial charge on any atom is 0.417 e. The molecular weight excluding hydrogens is 349 g/mol. The molecule has 1 aromatic heterocycles. The average Bonchev–Trinajstić information content (AvgIpc) is 2.95. The van der Waals surface area contributed by atoms with Gasteiger partial charge in [-0.2, -0.15) is 13.2 Å². The summed E-state index contributed by atoms with van der Waals surface area (Å²) in [7, 11) is 0. The van der Waals surface area contributed by atoms with Gasteiger partial charge in [-0.1, -0.05) is 11.6 Å². The Kier molecular flexibility index (Phi) is 4.02. The molecule has 1 heterocycles. The number of benzene rings is 2. The van der Waals surface area contributed by atoms with Crippen molar-refractivity contribution in [3.63, 3.8) is 0 Å². The number of carbonyl (C=O) groups is 1. The van der Waals surface area contributed by atoms with Crippen molar-refractivity contribution in [1.29, 1.82) is 0 Å². The largest absolute Gasteiger partial charge is 0.417 e. The normalized spacial score (nSPS) is 11.5. The summed E-state index contributed by atoms with van der Waals surface area (Å²) in [5.41, 5.74) is 0.235. The molecule has 2 N–H and O–H groups in total. The van der Waals surface area contributed by atoms with E-state index in [9.17, 15) is 18.0 Å². The zero-order valence-electron chi connectivity index (χ0n) is 11.7. The number of anilines is 2. The fourth-order valence-electron chi connectivity index (χ4n) is 1.97. The lowest BCUT2D eigenvalue weighted by Gasteiger charge is -2.12. The molecule has 2 aromatic carbocycles. The topological polar surface area (TPSA) is 80.0 Å². The standard InChI is InChI=1S/C14H8ClF3N4O2/c15-10-3-1-7(5-9(10)14(16,17)18)19-13(23)20-8-2-4-11-12(6-8)22-24-21-11/h1-6H,(H2,19,20,23). The van der Waals surface area contributed by atoms with Crippen LogP contribution < -0.4 is 10.6 Å². The highest BCUT2D eigenvalue weighted by molar-refractivity contribution is 6.31. The second kappa shape index (κ2) is 6.00. The van der Waals surface area contributed by atoms with E-state index in [1.54, 1.807) is 12.1 Å². The Bertz CT molecular complexity index is 910. The third kappa shape index (κ3) is 3.40. The molecule has 0 saturated heterocycles. The second-order valence-electron chi connectivity index (χ2n) is 4.74. The number of amides is 2. The Balaban J connectivity index is 1.75. The van der Waals surface area contributed by atoms with Crippen molar-refractivity contribution in [2.75, 3.05) is 10.6 Å². The first-order valence-electron chi connectivity index (χ1n) is 6.50. The fourth-order valence-corrected chi connectivity index (χ4v) is 2.20. The molecule has 3 aromatic rings. The first-order chi connectivity index (χ1) is 11.3. The number of aromatic nitrogens is 2. The van der Waals surface area contributed by atoms with Crippen LogP contribution in [0.2, 0.25) is 5.02 Å². The van der Waals surface area contributed by atoms with Crippen LogP contribution in [0.15, 0.2) is 41.0 Å². The third-order valence-corrected chi connectivity index (χ3v) is 3.37. The molecule has 6 nitrogen and oxygen atoms in total. The molecule has 0 atom stereocenters. The monoisotopic (exact) mass is 356 g/mol. The first-order valence-corrected chi connectivity index (χ1v) is 6.88. The lowest BCUT2D eigenvalue weighted by Crippen LogP contribution is -2.19. The summed E-state index contributed by atoms with van der Waals surface area (Å²) in [4.78, 5) is 11.9. The second-order valence-corrected chi connectivity index (χ2v) is 5.15. The Labute approximate surface area is 137 Å². The molecule has 124 valence electrons. The zero-order chi connectivity index (χ0) is 17.3. The number of halogens is 4. The lowest BCUT2D eigenvalue weighted by atomic mass is 10.2. The number of fused-ring (bicyclic) bond motifs is 1. The van der Waals surface area contributed by atoms with E-state index in [0.29, 0.717) is 16.7 Å². The highest BCUT2D eigenvalue weighted by Gasteiger charge is 2.33. The highest BCUT2D eigenvalue weighted by atomic mass is 35.5. The van der Waals surface area contributed by atoms with E-state index in [-0.39, 0.29) is 5.69 Å². The Morgan fingerprint density at radius 1 is 1.00 bits per heavy atom. The summed E-state index contributed by atoms with van der Waals surface area (Å²) in [5.74, 6) is 0. The van der Waals surface area contributed by atoms with Gasteiger partial charge < -0.3 is 10.6 Å². The van der Waals surface area contributed by atoms with Crippen LogP contribution >= 0.6 is 11.6 Å². The number of hydrogen-bond acceptors (Lipinski definition) is 4. The van der Waals surface area contributed by atoms with E-state index in [2.05, 4.69) is 25.6 Å². The van der Waals surface area contributed by atoms with Crippen molar-refractivity contribution in [2.24, 2.45) is 0 Å². The van der Waals surface area contributed by atoms with Gasteiger partial charge in [0.25, 0.3) is 0 Å². The van der Waals surface area contributed by atoms with Crippen LogP contribution in [-0.4, -0.2) is 16.3 Å². The lowest BCUT2D eigenvalue weighted by molar-refractivity contribution is -0.137. The number of hydrogen-bond donors (Lipinski definition) is 2. The van der Waals surface area contributed by atoms with Crippen LogP contribution in [0.3, 0.4) is 0 Å². The molecule has 0 saturated carbocycles. The van der Waals surface area contributed by atoms with Gasteiger partial charge in [0.05, 0.1) is 10.6 Å². The molecule has 2 amide bonds. The van der Waals surface area contributed by atoms with E-state index in [4.69, 9.17) is 11.6 Å². The molecule has 0 unspecified atom stereocenters. The summed E-state index contributed by atoms with van der Waals surface area (Å²) in [6, 6.07) is 7.00. The van der Waals surface area contributed by atoms with E-state index in [1.807, 2.05) is 0 Å². The van der Waals surface area contributed by atoms with Crippen LogP contribution in [0.25, 0.3) is 11.0 Å². The molecule has 10 heteroatoms. The van der Waals surface area contributed by atoms with Gasteiger partial charge in [-0.25, -0.2) is 9.42 Å². The SMILES string of the molecule is O=C(Nc1ccc(Cl)c(C(F)(F)F)c1)Nc1ccc2nonc2c1. The Morgan fingerprint density at radius 3 is 2.33 bits per heavy atom. The predicted octanol–water partition coefficient (Wildman–Crippen LogP) is 4.54. The van der Waals surface area contributed by atoms with Gasteiger partial charge in [-0.15, -0.1) is 0 Å². The van der Waals surface area contributed by atoms with E-state index >= 15 is 0 Å². The van der Waals surface area contributed by atoms with Gasteiger partial charge in [-0.05, 0) is 46.7 Å². The van der Waals surface area contributed by atoms with Gasteiger partial charge in [0, 0.05) is 11.4 Å². The first kappa shape index (κ1) is 16.1. The van der Waals surface area contributed by atoms with Crippen LogP contribution in [0.1, 0.15) is 5.56 Å². The molecular formula is C14H8ClF3N4O2. The number of nitrogens with zero attached hydrogens (tertiary/aromatic N) is 2. The van der Waals surface area contributed by atoms with Gasteiger partial charge in [0.15, 0.2) is 0 Å². The van der Waals surface area contributed by atoms with Crippen LogP contribution in [0.4, 0.5) is 29.3 Å². The Morgan fingerprint density at radius 2 is 1.62 bits per heavy atom. The fraction of sp³-hybridized carbons (Fsp3) is 0.0714. The van der Waals surface area contributed by atoms with E-state index in [0.717, 1.165) is 12.1 Å². The van der Waals surface area contributed by atoms with E-state index < -0.39 is 22.8 Å². The molecule has 24 heavy (non-hydrogen) atoms. The third-order valence-electron chi connectivity index (χ3n) is 3.04. The average molecular weight is 357 g/mol. The molecule has 0 bridgehead atoms. The van der Waals surface area contributed by atoms with Gasteiger partial charge >= 0.3 is 12.2 Å². The van der Waals surface area contributed by atoms with Crippen LogP contribution in [0.5, 0.6) is 0 Å². The van der Waals surface area contributed by atoms with Gasteiger partial charge in [-0.3, -0.25) is 0 Å². The maximum absolute atomic E-state index is 12.8. The number of rotatable bonds is 2. The summed E-state index contributed by atoms with van der Waals surface area (Å²) in [6.45, 7) is 0. The number of nitrogens with one attached hydrogen (secondary N) is 2. The minimum Gasteiger partial charge on any atom is -0.308 e. The highest BCUT2D eigenvalue weighted by Crippen LogP contribution is 2.36.